The average Bonchev–Trinajstić information content (AvgIpc) is 4.09. The molecular weight excluding hydrogens is 871 g/mol. The van der Waals surface area contributed by atoms with Gasteiger partial charge in [0.15, 0.2) is 17.5 Å². The van der Waals surface area contributed by atoms with E-state index in [9.17, 15) is 0 Å². The van der Waals surface area contributed by atoms with Gasteiger partial charge in [-0.25, -0.2) is 15.0 Å². The molecule has 3 nitrogen and oxygen atoms in total. The predicted octanol–water partition coefficient (Wildman–Crippen LogP) is 18.3. The van der Waals surface area contributed by atoms with Gasteiger partial charge in [0, 0.05) is 16.7 Å². The third kappa shape index (κ3) is 5.53. The molecule has 0 N–H and O–H groups in total. The summed E-state index contributed by atoms with van der Waals surface area (Å²) in [6, 6.07) is 86.6. The van der Waals surface area contributed by atoms with E-state index in [0.29, 0.717) is 17.5 Å². The van der Waals surface area contributed by atoms with E-state index < -0.39 is 0 Å². The van der Waals surface area contributed by atoms with E-state index >= 15 is 0 Å². The molecule has 3 aliphatic carbocycles. The molecule has 0 saturated heterocycles. The number of benzene rings is 12. The molecule has 3 aliphatic rings. The largest absolute Gasteiger partial charge is 0.208 e. The minimum Gasteiger partial charge on any atom is -0.208 e. The van der Waals surface area contributed by atoms with E-state index in [1.54, 1.807) is 0 Å². The van der Waals surface area contributed by atoms with Crippen LogP contribution in [0.4, 0.5) is 0 Å². The van der Waals surface area contributed by atoms with E-state index in [0.717, 1.165) is 44.5 Å². The fraction of sp³-hybridized carbons (Fsp3) is 0. The summed E-state index contributed by atoms with van der Waals surface area (Å²) in [5, 5.41) is 7.45. The van der Waals surface area contributed by atoms with Crippen LogP contribution >= 0.6 is 0 Å². The Morgan fingerprint density at radius 1 is 0.181 bits per heavy atom. The quantitative estimate of drug-likeness (QED) is 0.167. The van der Waals surface area contributed by atoms with Crippen molar-refractivity contribution in [1.82, 2.24) is 15.0 Å². The molecule has 0 atom stereocenters. The first kappa shape index (κ1) is 39.3. The molecule has 1 aromatic heterocycles. The zero-order valence-electron chi connectivity index (χ0n) is 38.9. The summed E-state index contributed by atoms with van der Waals surface area (Å²) in [4.78, 5) is 16.4. The van der Waals surface area contributed by atoms with Gasteiger partial charge in [-0.3, -0.25) is 0 Å². The van der Waals surface area contributed by atoms with Crippen LogP contribution in [0.2, 0.25) is 0 Å². The fourth-order valence-corrected chi connectivity index (χ4v) is 12.5. The van der Waals surface area contributed by atoms with Crippen LogP contribution in [0, 0.1) is 0 Å². The summed E-state index contributed by atoms with van der Waals surface area (Å²) < 4.78 is 0. The fourth-order valence-electron chi connectivity index (χ4n) is 12.5. The molecule has 12 aromatic carbocycles. The number of fused-ring (bicyclic) bond motifs is 9. The Labute approximate surface area is 416 Å². The van der Waals surface area contributed by atoms with Crippen LogP contribution in [0.5, 0.6) is 0 Å². The van der Waals surface area contributed by atoms with E-state index in [-0.39, 0.29) is 0 Å². The minimum absolute atomic E-state index is 0.619. The Kier molecular flexibility index (Phi) is 8.17. The molecule has 3 heteroatoms. The van der Waals surface area contributed by atoms with Crippen LogP contribution in [0.15, 0.2) is 237 Å². The summed E-state index contributed by atoms with van der Waals surface area (Å²) in [5.74, 6) is 1.87. The second-order valence-corrected chi connectivity index (χ2v) is 19.3. The van der Waals surface area contributed by atoms with Gasteiger partial charge >= 0.3 is 0 Å². The molecule has 0 saturated carbocycles. The van der Waals surface area contributed by atoms with Crippen molar-refractivity contribution in [1.29, 1.82) is 0 Å². The van der Waals surface area contributed by atoms with E-state index in [1.807, 2.05) is 12.1 Å². The molecule has 0 spiro atoms. The Morgan fingerprint density at radius 3 is 0.861 bits per heavy atom. The van der Waals surface area contributed by atoms with Gasteiger partial charge in [-0.15, -0.1) is 0 Å². The number of aromatic nitrogens is 3. The smallest absolute Gasteiger partial charge is 0.165 e. The van der Waals surface area contributed by atoms with Gasteiger partial charge in [-0.2, -0.15) is 0 Å². The SMILES string of the molecule is c1ccc(-c2nc(-c3ccccc3)nc(-c3c(-c4ccc5c6c(cccc46)-c4ccccc4-5)cc(-c4ccc5c6c(cccc46)-c4ccccc4-5)cc3-c3ccc4c5c(cccc35)-c3ccccc3-4)n2)cc1. The first-order valence-corrected chi connectivity index (χ1v) is 24.8. The summed E-state index contributed by atoms with van der Waals surface area (Å²) in [5.41, 5.74) is 24.7. The molecule has 1 heterocycles. The van der Waals surface area contributed by atoms with Gasteiger partial charge < -0.3 is 0 Å². The molecule has 0 unspecified atom stereocenters. The normalized spacial score (nSPS) is 12.2. The number of nitrogens with zero attached hydrogens (tertiary/aromatic N) is 3. The zero-order valence-corrected chi connectivity index (χ0v) is 38.9. The first-order chi connectivity index (χ1) is 35.7. The Morgan fingerprint density at radius 2 is 0.472 bits per heavy atom. The molecule has 0 radical (unpaired) electrons. The maximum absolute atomic E-state index is 5.58. The summed E-state index contributed by atoms with van der Waals surface area (Å²) in [6.07, 6.45) is 0. The summed E-state index contributed by atoms with van der Waals surface area (Å²) in [7, 11) is 0. The third-order valence-corrected chi connectivity index (χ3v) is 15.6. The summed E-state index contributed by atoms with van der Waals surface area (Å²) >= 11 is 0. The molecule has 72 heavy (non-hydrogen) atoms. The maximum Gasteiger partial charge on any atom is 0.165 e. The van der Waals surface area contributed by atoms with Crippen LogP contribution in [0.3, 0.4) is 0 Å². The van der Waals surface area contributed by atoms with E-state index in [1.165, 1.54) is 105 Å². The molecule has 0 amide bonds. The van der Waals surface area contributed by atoms with Crippen molar-refractivity contribution in [2.24, 2.45) is 0 Å². The maximum atomic E-state index is 5.58. The highest BCUT2D eigenvalue weighted by Gasteiger charge is 2.30. The van der Waals surface area contributed by atoms with Gasteiger partial charge in [-0.05, 0) is 145 Å². The lowest BCUT2D eigenvalue weighted by Gasteiger charge is -2.22. The molecule has 16 rings (SSSR count). The van der Waals surface area contributed by atoms with Gasteiger partial charge in [-0.1, -0.05) is 224 Å². The van der Waals surface area contributed by atoms with Crippen molar-refractivity contribution >= 4 is 32.3 Å². The second-order valence-electron chi connectivity index (χ2n) is 19.3. The monoisotopic (exact) mass is 909 g/mol. The van der Waals surface area contributed by atoms with Crippen molar-refractivity contribution in [2.75, 3.05) is 0 Å². The minimum atomic E-state index is 0.619. The standard InChI is InChI=1S/C69H39N3/c1-3-16-40(17-4-1)67-70-68(41-18-5-2-6-19-41)72-69(71-67)66-61(50-33-36-59-48-24-11-8-21-45(48)54-28-14-30-56(50)64(54)59)38-42(43-32-35-58-47-23-10-7-20-44(47)53-27-13-26-52(43)63(53)58)39-62(66)51-34-37-60-49-25-12-9-22-46(49)55-29-15-31-57(51)65(55)60/h1-39H. The van der Waals surface area contributed by atoms with Crippen molar-refractivity contribution in [3.8, 4) is 134 Å². The highest BCUT2D eigenvalue weighted by molar-refractivity contribution is 6.23. The number of rotatable bonds is 6. The number of hydrogen-bond donors (Lipinski definition) is 0. The number of hydrogen-bond acceptors (Lipinski definition) is 3. The van der Waals surface area contributed by atoms with Crippen molar-refractivity contribution < 1.29 is 0 Å². The highest BCUT2D eigenvalue weighted by atomic mass is 15.0. The first-order valence-electron chi connectivity index (χ1n) is 24.8. The van der Waals surface area contributed by atoms with Crippen LogP contribution < -0.4 is 0 Å². The van der Waals surface area contributed by atoms with Crippen molar-refractivity contribution in [2.45, 2.75) is 0 Å². The van der Waals surface area contributed by atoms with Crippen LogP contribution in [0.1, 0.15) is 0 Å². The lowest BCUT2D eigenvalue weighted by atomic mass is 9.83. The molecule has 0 fully saturated rings. The molecule has 0 aliphatic heterocycles. The molecule has 0 bridgehead atoms. The van der Waals surface area contributed by atoms with Crippen molar-refractivity contribution in [3.05, 3.63) is 237 Å². The molecule has 330 valence electrons. The predicted molar refractivity (Wildman–Crippen MR) is 298 cm³/mol. The Balaban J connectivity index is 1.07. The average molecular weight is 910 g/mol. The lowest BCUT2D eigenvalue weighted by Crippen LogP contribution is -2.03. The Hall–Kier alpha value is -9.57. The molecule has 13 aromatic rings. The highest BCUT2D eigenvalue weighted by Crippen LogP contribution is 2.56. The van der Waals surface area contributed by atoms with Gasteiger partial charge in [0.05, 0.1) is 0 Å². The van der Waals surface area contributed by atoms with E-state index in [2.05, 4.69) is 224 Å². The van der Waals surface area contributed by atoms with Gasteiger partial charge in [0.25, 0.3) is 0 Å². The van der Waals surface area contributed by atoms with Gasteiger partial charge in [0.2, 0.25) is 0 Å². The van der Waals surface area contributed by atoms with Crippen LogP contribution in [-0.2, 0) is 0 Å². The Bertz CT molecular complexity index is 4190. The lowest BCUT2D eigenvalue weighted by molar-refractivity contribution is 1.07. The van der Waals surface area contributed by atoms with Crippen LogP contribution in [0.25, 0.3) is 167 Å². The van der Waals surface area contributed by atoms with Crippen LogP contribution in [-0.4, -0.2) is 15.0 Å². The topological polar surface area (TPSA) is 38.7 Å². The third-order valence-electron chi connectivity index (χ3n) is 15.6. The second kappa shape index (κ2) is 15.0. The van der Waals surface area contributed by atoms with Gasteiger partial charge in [0.1, 0.15) is 0 Å². The summed E-state index contributed by atoms with van der Waals surface area (Å²) in [6.45, 7) is 0. The van der Waals surface area contributed by atoms with E-state index in [4.69, 9.17) is 15.0 Å². The molecular formula is C69H39N3. The zero-order chi connectivity index (χ0) is 47.0. The van der Waals surface area contributed by atoms with Crippen molar-refractivity contribution in [3.63, 3.8) is 0 Å².